The zero-order valence-corrected chi connectivity index (χ0v) is 42.0. The molecule has 0 spiro atoms. The molecule has 0 fully saturated rings. The number of aromatic nitrogens is 1. The molecule has 0 radical (unpaired) electrons. The molecule has 0 unspecified atom stereocenters. The molecule has 6 aromatic rings. The van der Waals surface area contributed by atoms with Gasteiger partial charge in [-0.3, -0.25) is 0 Å². The van der Waals surface area contributed by atoms with Gasteiger partial charge in [0.15, 0.2) is 0 Å². The second kappa shape index (κ2) is 19.3. The van der Waals surface area contributed by atoms with E-state index in [2.05, 4.69) is 284 Å². The van der Waals surface area contributed by atoms with Gasteiger partial charge < -0.3 is 0 Å². The summed E-state index contributed by atoms with van der Waals surface area (Å²) < 4.78 is 0. The number of pyridine rings is 1. The molecule has 66 heavy (non-hydrogen) atoms. The van der Waals surface area contributed by atoms with Gasteiger partial charge in [-0.05, 0) is 127 Å². The van der Waals surface area contributed by atoms with Gasteiger partial charge in [0.05, 0.1) is 16.7 Å². The van der Waals surface area contributed by atoms with Crippen molar-refractivity contribution < 1.29 is 0 Å². The molecule has 330 valence electrons. The minimum atomic E-state index is 0.0139. The zero-order valence-electron chi connectivity index (χ0n) is 42.0. The molecule has 0 saturated heterocycles. The summed E-state index contributed by atoms with van der Waals surface area (Å²) in [6.07, 6.45) is 0. The van der Waals surface area contributed by atoms with Gasteiger partial charge in [0.2, 0.25) is 0 Å². The highest BCUT2D eigenvalue weighted by Crippen LogP contribution is 2.27. The molecular formula is C65H65N. The van der Waals surface area contributed by atoms with E-state index in [0.717, 1.165) is 27.8 Å². The van der Waals surface area contributed by atoms with Crippen LogP contribution in [0.1, 0.15) is 188 Å². The third-order valence-electron chi connectivity index (χ3n) is 11.6. The van der Waals surface area contributed by atoms with E-state index < -0.39 is 0 Å². The van der Waals surface area contributed by atoms with Crippen LogP contribution in [0.3, 0.4) is 0 Å². The van der Waals surface area contributed by atoms with Crippen LogP contribution in [0.2, 0.25) is 0 Å². The highest BCUT2D eigenvalue weighted by molar-refractivity contribution is 5.70. The quantitative estimate of drug-likeness (QED) is 0.139. The summed E-state index contributed by atoms with van der Waals surface area (Å²) in [5.74, 6) is 34.9. The highest BCUT2D eigenvalue weighted by atomic mass is 14.7. The topological polar surface area (TPSA) is 12.9 Å². The van der Waals surface area contributed by atoms with E-state index in [-0.39, 0.29) is 27.1 Å². The van der Waals surface area contributed by atoms with Gasteiger partial charge in [-0.2, -0.15) is 0 Å². The maximum atomic E-state index is 5.27. The molecule has 6 rings (SSSR count). The Morgan fingerprint density at radius 2 is 0.409 bits per heavy atom. The second-order valence-corrected chi connectivity index (χ2v) is 22.3. The average molecular weight is 860 g/mol. The van der Waals surface area contributed by atoms with Gasteiger partial charge >= 0.3 is 0 Å². The molecule has 1 aromatic heterocycles. The molecule has 0 aliphatic rings. The molecule has 0 saturated carbocycles. The van der Waals surface area contributed by atoms with Crippen molar-refractivity contribution in [3.63, 3.8) is 0 Å². The monoisotopic (exact) mass is 860 g/mol. The molecule has 0 atom stereocenters. The van der Waals surface area contributed by atoms with Crippen molar-refractivity contribution in [2.75, 3.05) is 0 Å². The maximum Gasteiger partial charge on any atom is 0.132 e. The van der Waals surface area contributed by atoms with E-state index in [1.807, 2.05) is 0 Å². The van der Waals surface area contributed by atoms with Gasteiger partial charge in [-0.15, -0.1) is 0 Å². The van der Waals surface area contributed by atoms with Crippen LogP contribution in [-0.4, -0.2) is 4.98 Å². The summed E-state index contributed by atoms with van der Waals surface area (Å²) in [6, 6.07) is 42.3. The molecule has 0 bridgehead atoms. The van der Waals surface area contributed by atoms with Crippen LogP contribution in [0.4, 0.5) is 0 Å². The first-order valence-corrected chi connectivity index (χ1v) is 23.1. The number of nitrogens with zero attached hydrogens (tertiary/aromatic N) is 1. The standard InChI is InChI=1S/C65H65N/c1-61(2,3)51-31-16-46(17-32-51)26-41-56-57(42-27-47-18-33-52(34-19-47)62(4,5)6)59(44-29-49-22-37-54(38-23-49)64(10,11)12)66-60(45-30-50-24-39-55(40-25-50)65(13,14)15)58(56)43-28-48-20-35-53(36-21-48)63(7,8)9/h16-25,31-40H,1-15H3. The van der Waals surface area contributed by atoms with E-state index in [4.69, 9.17) is 4.98 Å². The van der Waals surface area contributed by atoms with Crippen LogP contribution in [0, 0.1) is 59.2 Å². The maximum absolute atomic E-state index is 5.27. The molecule has 0 amide bonds. The lowest BCUT2D eigenvalue weighted by Gasteiger charge is -2.18. The fourth-order valence-corrected chi connectivity index (χ4v) is 7.07. The van der Waals surface area contributed by atoms with E-state index in [9.17, 15) is 0 Å². The Labute approximate surface area is 398 Å². The predicted molar refractivity (Wildman–Crippen MR) is 280 cm³/mol. The van der Waals surface area contributed by atoms with Crippen LogP contribution >= 0.6 is 0 Å². The first-order chi connectivity index (χ1) is 30.8. The third-order valence-corrected chi connectivity index (χ3v) is 11.6. The highest BCUT2D eigenvalue weighted by Gasteiger charge is 2.19. The molecule has 1 heterocycles. The number of hydrogen-bond donors (Lipinski definition) is 0. The van der Waals surface area contributed by atoms with Crippen molar-refractivity contribution in [3.05, 3.63) is 205 Å². The minimum absolute atomic E-state index is 0.0139. The Morgan fingerprint density at radius 3 is 0.606 bits per heavy atom. The Balaban J connectivity index is 1.67. The SMILES string of the molecule is CC(C)(C)c1ccc(C#Cc2nc(C#Cc3ccc(C(C)(C)C)cc3)c(C#Cc3ccc(C(C)(C)C)cc3)c(C#Cc3ccc(C(C)(C)C)cc3)c2C#Cc2ccc(C(C)(C)C)cc2)cc1. The number of benzene rings is 5. The first kappa shape index (κ1) is 48.5. The van der Waals surface area contributed by atoms with Crippen LogP contribution < -0.4 is 0 Å². The molecular weight excluding hydrogens is 795 g/mol. The van der Waals surface area contributed by atoms with Gasteiger partial charge in [0.1, 0.15) is 11.4 Å². The van der Waals surface area contributed by atoms with Crippen LogP contribution in [0.15, 0.2) is 121 Å². The Hall–Kier alpha value is -6.95. The predicted octanol–water partition coefficient (Wildman–Crippen LogP) is 14.6. The summed E-state index contributed by atoms with van der Waals surface area (Å²) in [6.45, 7) is 33.3. The average Bonchev–Trinajstić information content (AvgIpc) is 3.25. The lowest BCUT2D eigenvalue weighted by Crippen LogP contribution is -2.10. The molecule has 0 aliphatic heterocycles. The van der Waals surface area contributed by atoms with Crippen LogP contribution in [0.5, 0.6) is 0 Å². The lowest BCUT2D eigenvalue weighted by molar-refractivity contribution is 0.590. The van der Waals surface area contributed by atoms with Crippen molar-refractivity contribution in [2.45, 2.75) is 131 Å². The Kier molecular flexibility index (Phi) is 14.2. The molecule has 0 N–H and O–H groups in total. The van der Waals surface area contributed by atoms with Gasteiger partial charge in [-0.1, -0.05) is 212 Å². The first-order valence-electron chi connectivity index (χ1n) is 23.1. The third kappa shape index (κ3) is 12.9. The van der Waals surface area contributed by atoms with Crippen LogP contribution in [-0.2, 0) is 27.1 Å². The fraction of sp³-hybridized carbons (Fsp3) is 0.308. The lowest BCUT2D eigenvalue weighted by atomic mass is 9.86. The molecule has 5 aromatic carbocycles. The normalized spacial score (nSPS) is 11.6. The largest absolute Gasteiger partial charge is 0.228 e. The van der Waals surface area contributed by atoms with Gasteiger partial charge in [0.25, 0.3) is 0 Å². The van der Waals surface area contributed by atoms with Crippen molar-refractivity contribution in [1.82, 2.24) is 4.98 Å². The number of rotatable bonds is 0. The molecule has 1 nitrogen and oxygen atoms in total. The van der Waals surface area contributed by atoms with E-state index in [1.54, 1.807) is 0 Å². The van der Waals surface area contributed by atoms with Gasteiger partial charge in [-0.25, -0.2) is 4.98 Å². The van der Waals surface area contributed by atoms with Crippen molar-refractivity contribution in [2.24, 2.45) is 0 Å². The second-order valence-electron chi connectivity index (χ2n) is 22.3. The molecule has 1 heteroatoms. The smallest absolute Gasteiger partial charge is 0.132 e. The minimum Gasteiger partial charge on any atom is -0.228 e. The van der Waals surface area contributed by atoms with Crippen molar-refractivity contribution >= 4 is 0 Å². The van der Waals surface area contributed by atoms with Crippen molar-refractivity contribution in [3.8, 4) is 59.2 Å². The fourth-order valence-electron chi connectivity index (χ4n) is 7.07. The summed E-state index contributed by atoms with van der Waals surface area (Å²) in [5, 5.41) is 0. The van der Waals surface area contributed by atoms with E-state index >= 15 is 0 Å². The summed E-state index contributed by atoms with van der Waals surface area (Å²) in [5.41, 5.74) is 13.6. The van der Waals surface area contributed by atoms with Gasteiger partial charge in [0, 0.05) is 27.8 Å². The van der Waals surface area contributed by atoms with Crippen LogP contribution in [0.25, 0.3) is 0 Å². The Morgan fingerprint density at radius 1 is 0.227 bits per heavy atom. The summed E-state index contributed by atoms with van der Waals surface area (Å²) >= 11 is 0. The zero-order chi connectivity index (χ0) is 48.1. The summed E-state index contributed by atoms with van der Waals surface area (Å²) in [7, 11) is 0. The molecule has 0 aliphatic carbocycles. The number of hydrogen-bond acceptors (Lipinski definition) is 1. The Bertz CT molecular complexity index is 2850. The van der Waals surface area contributed by atoms with E-state index in [1.165, 1.54) is 27.8 Å². The summed E-state index contributed by atoms with van der Waals surface area (Å²) in [4.78, 5) is 5.27. The van der Waals surface area contributed by atoms with E-state index in [0.29, 0.717) is 28.1 Å². The van der Waals surface area contributed by atoms with Crippen molar-refractivity contribution in [1.29, 1.82) is 0 Å².